The highest BCUT2D eigenvalue weighted by Crippen LogP contribution is 2.25. The third kappa shape index (κ3) is 4.46. The van der Waals surface area contributed by atoms with Crippen molar-refractivity contribution >= 4 is 15.7 Å². The molecule has 0 radical (unpaired) electrons. The molecule has 0 aromatic heterocycles. The summed E-state index contributed by atoms with van der Waals surface area (Å²) in [6.45, 7) is 5.33. The molecule has 0 N–H and O–H groups in total. The van der Waals surface area contributed by atoms with Crippen LogP contribution in [-0.2, 0) is 9.84 Å². The molecule has 0 saturated heterocycles. The van der Waals surface area contributed by atoms with Gasteiger partial charge in [0.15, 0.2) is 9.84 Å². The number of carbonyl (C=O) groups is 1. The van der Waals surface area contributed by atoms with E-state index in [0.717, 1.165) is 19.1 Å². The van der Waals surface area contributed by atoms with Crippen LogP contribution in [0.4, 0.5) is 0 Å². The van der Waals surface area contributed by atoms with Crippen molar-refractivity contribution in [1.82, 2.24) is 4.90 Å². The Labute approximate surface area is 126 Å². The Hall–Kier alpha value is -1.56. The monoisotopic (exact) mass is 313 g/mol. The zero-order valence-corrected chi connectivity index (χ0v) is 13.9. The third-order valence-electron chi connectivity index (χ3n) is 3.08. The second-order valence-electron chi connectivity index (χ2n) is 4.93. The number of hydrogen-bond acceptors (Lipinski definition) is 4. The molecule has 21 heavy (non-hydrogen) atoms. The molecular formula is C15H23NO4S. The number of benzene rings is 1. The van der Waals surface area contributed by atoms with Crippen molar-refractivity contribution in [2.45, 2.75) is 31.6 Å². The smallest absolute Gasteiger partial charge is 0.253 e. The van der Waals surface area contributed by atoms with Gasteiger partial charge in [0.25, 0.3) is 5.91 Å². The van der Waals surface area contributed by atoms with Crippen molar-refractivity contribution in [2.24, 2.45) is 0 Å². The van der Waals surface area contributed by atoms with Crippen LogP contribution in [0.25, 0.3) is 0 Å². The van der Waals surface area contributed by atoms with E-state index in [9.17, 15) is 13.2 Å². The standard InChI is InChI=1S/C15H23NO4S/c1-5-9-16(10-6-2)15(17)12-7-8-13(20-3)14(11-12)21(4,18)19/h7-8,11H,5-6,9-10H2,1-4H3. The summed E-state index contributed by atoms with van der Waals surface area (Å²) < 4.78 is 28.7. The van der Waals surface area contributed by atoms with Gasteiger partial charge < -0.3 is 9.64 Å². The Morgan fingerprint density at radius 1 is 1.19 bits per heavy atom. The fourth-order valence-electron chi connectivity index (χ4n) is 2.14. The molecule has 118 valence electrons. The van der Waals surface area contributed by atoms with Gasteiger partial charge in [0.1, 0.15) is 10.6 Å². The molecule has 0 atom stereocenters. The number of sulfone groups is 1. The minimum atomic E-state index is -3.45. The minimum absolute atomic E-state index is 0.0452. The minimum Gasteiger partial charge on any atom is -0.495 e. The van der Waals surface area contributed by atoms with Gasteiger partial charge in [-0.3, -0.25) is 4.79 Å². The van der Waals surface area contributed by atoms with Crippen molar-refractivity contribution < 1.29 is 17.9 Å². The van der Waals surface area contributed by atoms with E-state index < -0.39 is 9.84 Å². The zero-order valence-electron chi connectivity index (χ0n) is 13.0. The van der Waals surface area contributed by atoms with E-state index in [2.05, 4.69) is 0 Å². The summed E-state index contributed by atoms with van der Waals surface area (Å²) in [6.07, 6.45) is 2.83. The van der Waals surface area contributed by atoms with Crippen molar-refractivity contribution in [3.8, 4) is 5.75 Å². The highest BCUT2D eigenvalue weighted by Gasteiger charge is 2.20. The number of nitrogens with zero attached hydrogens (tertiary/aromatic N) is 1. The summed E-state index contributed by atoms with van der Waals surface area (Å²) in [5.74, 6) is 0.109. The Morgan fingerprint density at radius 3 is 2.19 bits per heavy atom. The van der Waals surface area contributed by atoms with E-state index >= 15 is 0 Å². The fraction of sp³-hybridized carbons (Fsp3) is 0.533. The second kappa shape index (κ2) is 7.45. The number of carbonyl (C=O) groups excluding carboxylic acids is 1. The van der Waals surface area contributed by atoms with E-state index in [0.29, 0.717) is 18.7 Å². The SMILES string of the molecule is CCCN(CCC)C(=O)c1ccc(OC)c(S(C)(=O)=O)c1. The molecule has 0 heterocycles. The van der Waals surface area contributed by atoms with E-state index in [1.807, 2.05) is 13.8 Å². The van der Waals surface area contributed by atoms with E-state index in [4.69, 9.17) is 4.74 Å². The van der Waals surface area contributed by atoms with Crippen LogP contribution in [0.15, 0.2) is 23.1 Å². The highest BCUT2D eigenvalue weighted by atomic mass is 32.2. The summed E-state index contributed by atoms with van der Waals surface area (Å²) in [5, 5.41) is 0. The first-order valence-electron chi connectivity index (χ1n) is 7.02. The Kier molecular flexibility index (Phi) is 6.20. The number of methoxy groups -OCH3 is 1. The molecule has 1 aromatic rings. The summed E-state index contributed by atoms with van der Waals surface area (Å²) >= 11 is 0. The van der Waals surface area contributed by atoms with E-state index in [-0.39, 0.29) is 16.6 Å². The molecule has 6 heteroatoms. The Balaban J connectivity index is 3.22. The van der Waals surface area contributed by atoms with Gasteiger partial charge in [0.2, 0.25) is 0 Å². The van der Waals surface area contributed by atoms with Crippen molar-refractivity contribution in [3.05, 3.63) is 23.8 Å². The number of hydrogen-bond donors (Lipinski definition) is 0. The van der Waals surface area contributed by atoms with Crippen LogP contribution in [0.5, 0.6) is 5.75 Å². The molecule has 0 bridgehead atoms. The zero-order chi connectivity index (χ0) is 16.0. The van der Waals surface area contributed by atoms with Crippen LogP contribution >= 0.6 is 0 Å². The first-order chi connectivity index (χ1) is 9.85. The molecule has 1 amide bonds. The van der Waals surface area contributed by atoms with Gasteiger partial charge >= 0.3 is 0 Å². The van der Waals surface area contributed by atoms with Crippen LogP contribution < -0.4 is 4.74 Å². The van der Waals surface area contributed by atoms with Crippen LogP contribution in [0.1, 0.15) is 37.0 Å². The van der Waals surface area contributed by atoms with Crippen molar-refractivity contribution in [3.63, 3.8) is 0 Å². The van der Waals surface area contributed by atoms with E-state index in [1.165, 1.54) is 19.2 Å². The molecule has 0 fully saturated rings. The average molecular weight is 313 g/mol. The second-order valence-corrected chi connectivity index (χ2v) is 6.91. The van der Waals surface area contributed by atoms with Gasteiger partial charge in [0.05, 0.1) is 7.11 Å². The quantitative estimate of drug-likeness (QED) is 0.775. The highest BCUT2D eigenvalue weighted by molar-refractivity contribution is 7.90. The molecule has 0 aliphatic rings. The molecule has 5 nitrogen and oxygen atoms in total. The number of ether oxygens (including phenoxy) is 1. The largest absolute Gasteiger partial charge is 0.495 e. The molecule has 1 rings (SSSR count). The maximum atomic E-state index is 12.5. The fourth-order valence-corrected chi connectivity index (χ4v) is 2.99. The van der Waals surface area contributed by atoms with Gasteiger partial charge in [-0.2, -0.15) is 0 Å². The van der Waals surface area contributed by atoms with Crippen molar-refractivity contribution in [2.75, 3.05) is 26.5 Å². The Bertz CT molecular complexity index is 590. The lowest BCUT2D eigenvalue weighted by molar-refractivity contribution is 0.0755. The van der Waals surface area contributed by atoms with Crippen LogP contribution in [0.3, 0.4) is 0 Å². The first-order valence-corrected chi connectivity index (χ1v) is 8.91. The summed E-state index contributed by atoms with van der Waals surface area (Å²) in [4.78, 5) is 14.3. The molecule has 0 spiro atoms. The maximum Gasteiger partial charge on any atom is 0.253 e. The molecule has 1 aromatic carbocycles. The third-order valence-corrected chi connectivity index (χ3v) is 4.20. The lowest BCUT2D eigenvalue weighted by atomic mass is 10.1. The normalized spacial score (nSPS) is 11.2. The van der Waals surface area contributed by atoms with Gasteiger partial charge in [-0.1, -0.05) is 13.8 Å². The van der Waals surface area contributed by atoms with Gasteiger partial charge in [-0.05, 0) is 31.0 Å². The predicted molar refractivity (Wildman–Crippen MR) is 82.6 cm³/mol. The summed E-state index contributed by atoms with van der Waals surface area (Å²) in [5.41, 5.74) is 0.373. The first kappa shape index (κ1) is 17.5. The molecule has 0 aliphatic carbocycles. The average Bonchev–Trinajstić information content (AvgIpc) is 2.44. The van der Waals surface area contributed by atoms with Crippen LogP contribution in [-0.4, -0.2) is 45.7 Å². The molecule has 0 unspecified atom stereocenters. The molecular weight excluding hydrogens is 290 g/mol. The maximum absolute atomic E-state index is 12.5. The lowest BCUT2D eigenvalue weighted by Crippen LogP contribution is -2.32. The number of rotatable bonds is 7. The van der Waals surface area contributed by atoms with Crippen LogP contribution in [0.2, 0.25) is 0 Å². The number of amides is 1. The molecule has 0 saturated carbocycles. The van der Waals surface area contributed by atoms with Crippen molar-refractivity contribution in [1.29, 1.82) is 0 Å². The van der Waals surface area contributed by atoms with Crippen LogP contribution in [0, 0.1) is 0 Å². The summed E-state index contributed by atoms with van der Waals surface area (Å²) in [7, 11) is -2.04. The Morgan fingerprint density at radius 2 is 1.76 bits per heavy atom. The van der Waals surface area contributed by atoms with Gasteiger partial charge in [-0.15, -0.1) is 0 Å². The van der Waals surface area contributed by atoms with E-state index in [1.54, 1.807) is 11.0 Å². The summed E-state index contributed by atoms with van der Waals surface area (Å²) in [6, 6.07) is 4.53. The lowest BCUT2D eigenvalue weighted by Gasteiger charge is -2.22. The van der Waals surface area contributed by atoms with Gasteiger partial charge in [0, 0.05) is 24.9 Å². The predicted octanol–water partition coefficient (Wildman–Crippen LogP) is 2.36. The van der Waals surface area contributed by atoms with Gasteiger partial charge in [-0.25, -0.2) is 8.42 Å². The topological polar surface area (TPSA) is 63.7 Å². The molecule has 0 aliphatic heterocycles.